The first-order chi connectivity index (χ1) is 9.85. The third-order valence-electron chi connectivity index (χ3n) is 2.74. The zero-order valence-corrected chi connectivity index (χ0v) is 12.3. The van der Waals surface area contributed by atoms with Crippen molar-refractivity contribution in [3.8, 4) is 5.75 Å². The highest BCUT2D eigenvalue weighted by molar-refractivity contribution is 5.77. The van der Waals surface area contributed by atoms with Crippen LogP contribution in [0.2, 0.25) is 0 Å². The molecule has 0 aliphatic rings. The van der Waals surface area contributed by atoms with Crippen LogP contribution in [0.1, 0.15) is 33.6 Å². The van der Waals surface area contributed by atoms with Gasteiger partial charge in [-0.1, -0.05) is 13.3 Å². The van der Waals surface area contributed by atoms with Crippen LogP contribution in [0.4, 0.5) is 11.4 Å². The third kappa shape index (κ3) is 4.94. The Morgan fingerprint density at radius 2 is 2.14 bits per heavy atom. The number of nitrogens with one attached hydrogen (secondary N) is 1. The number of aliphatic carboxylic acids is 1. The highest BCUT2D eigenvalue weighted by atomic mass is 16.6. The van der Waals surface area contributed by atoms with Crippen molar-refractivity contribution < 1.29 is 19.6 Å². The second-order valence-electron chi connectivity index (χ2n) is 4.93. The maximum Gasteiger partial charge on any atom is 0.326 e. The molecule has 7 heteroatoms. The number of nitro benzene ring substituents is 1. The first kappa shape index (κ1) is 16.7. The lowest BCUT2D eigenvalue weighted by atomic mass is 10.1. The fourth-order valence-electron chi connectivity index (χ4n) is 1.85. The van der Waals surface area contributed by atoms with E-state index in [4.69, 9.17) is 9.84 Å². The fraction of sp³-hybridized carbons (Fsp3) is 0.500. The quantitative estimate of drug-likeness (QED) is 0.564. The van der Waals surface area contributed by atoms with E-state index in [0.29, 0.717) is 18.5 Å². The van der Waals surface area contributed by atoms with E-state index >= 15 is 0 Å². The number of nitro groups is 1. The van der Waals surface area contributed by atoms with Gasteiger partial charge >= 0.3 is 11.7 Å². The van der Waals surface area contributed by atoms with E-state index in [9.17, 15) is 14.9 Å². The van der Waals surface area contributed by atoms with Gasteiger partial charge in [0, 0.05) is 17.8 Å². The van der Waals surface area contributed by atoms with Gasteiger partial charge in [-0.05, 0) is 26.3 Å². The van der Waals surface area contributed by atoms with Crippen LogP contribution in [0.15, 0.2) is 18.2 Å². The molecule has 2 N–H and O–H groups in total. The van der Waals surface area contributed by atoms with Crippen LogP contribution < -0.4 is 10.1 Å². The molecule has 21 heavy (non-hydrogen) atoms. The number of benzene rings is 1. The van der Waals surface area contributed by atoms with Crippen LogP contribution in [0.3, 0.4) is 0 Å². The third-order valence-corrected chi connectivity index (χ3v) is 2.74. The lowest BCUT2D eigenvalue weighted by molar-refractivity contribution is -0.386. The molecule has 0 radical (unpaired) electrons. The van der Waals surface area contributed by atoms with Crippen LogP contribution in [0, 0.1) is 10.1 Å². The number of ether oxygens (including phenoxy) is 1. The largest absolute Gasteiger partial charge is 0.484 e. The van der Waals surface area contributed by atoms with Crippen molar-refractivity contribution in [2.45, 2.75) is 45.8 Å². The summed E-state index contributed by atoms with van der Waals surface area (Å²) in [6.45, 7) is 5.42. The second kappa shape index (κ2) is 7.47. The topological polar surface area (TPSA) is 102 Å². The Balaban J connectivity index is 3.03. The van der Waals surface area contributed by atoms with Gasteiger partial charge in [0.05, 0.1) is 11.0 Å². The fourth-order valence-corrected chi connectivity index (χ4v) is 1.85. The predicted molar refractivity (Wildman–Crippen MR) is 78.8 cm³/mol. The Hall–Kier alpha value is -2.31. The summed E-state index contributed by atoms with van der Waals surface area (Å²) in [5, 5.41) is 22.9. The van der Waals surface area contributed by atoms with Crippen LogP contribution in [-0.2, 0) is 4.79 Å². The Labute approximate surface area is 123 Å². The minimum Gasteiger partial charge on any atom is -0.484 e. The summed E-state index contributed by atoms with van der Waals surface area (Å²) < 4.78 is 5.42. The normalized spacial score (nSPS) is 12.0. The zero-order valence-electron chi connectivity index (χ0n) is 12.3. The van der Waals surface area contributed by atoms with Gasteiger partial charge in [-0.25, -0.2) is 4.79 Å². The molecule has 0 bridgehead atoms. The van der Waals surface area contributed by atoms with Crippen molar-refractivity contribution in [2.24, 2.45) is 0 Å². The summed E-state index contributed by atoms with van der Waals surface area (Å²) in [7, 11) is 0. The van der Waals surface area contributed by atoms with E-state index in [1.54, 1.807) is 13.8 Å². The minimum absolute atomic E-state index is 0.126. The number of carboxylic acids is 1. The molecule has 0 aliphatic carbocycles. The molecule has 7 nitrogen and oxygen atoms in total. The summed E-state index contributed by atoms with van der Waals surface area (Å²) in [6, 6.07) is 3.52. The standard InChI is InChI=1S/C14H20N2O5/c1-4-5-11(14(17)18)15-10-6-7-12(16(19)20)13(8-10)21-9(2)3/h6-9,11,15H,4-5H2,1-3H3,(H,17,18). The first-order valence-electron chi connectivity index (χ1n) is 6.79. The highest BCUT2D eigenvalue weighted by Crippen LogP contribution is 2.31. The van der Waals surface area contributed by atoms with E-state index < -0.39 is 16.9 Å². The monoisotopic (exact) mass is 296 g/mol. The van der Waals surface area contributed by atoms with E-state index in [-0.39, 0.29) is 17.5 Å². The maximum atomic E-state index is 11.1. The van der Waals surface area contributed by atoms with Gasteiger partial charge in [-0.15, -0.1) is 0 Å². The van der Waals surface area contributed by atoms with E-state index in [1.807, 2.05) is 6.92 Å². The van der Waals surface area contributed by atoms with Crippen molar-refractivity contribution in [1.29, 1.82) is 0 Å². The molecular weight excluding hydrogens is 276 g/mol. The van der Waals surface area contributed by atoms with Gasteiger partial charge in [0.2, 0.25) is 0 Å². The summed E-state index contributed by atoms with van der Waals surface area (Å²) >= 11 is 0. The highest BCUT2D eigenvalue weighted by Gasteiger charge is 2.20. The predicted octanol–water partition coefficient (Wildman–Crippen LogP) is 3.05. The van der Waals surface area contributed by atoms with Crippen molar-refractivity contribution >= 4 is 17.3 Å². The summed E-state index contributed by atoms with van der Waals surface area (Å²) in [4.78, 5) is 21.6. The Morgan fingerprint density at radius 1 is 1.48 bits per heavy atom. The smallest absolute Gasteiger partial charge is 0.326 e. The molecule has 0 fully saturated rings. The molecule has 1 aromatic rings. The van der Waals surface area contributed by atoms with Crippen LogP contribution in [0.25, 0.3) is 0 Å². The Morgan fingerprint density at radius 3 is 2.62 bits per heavy atom. The molecule has 1 unspecified atom stereocenters. The number of hydrogen-bond acceptors (Lipinski definition) is 5. The van der Waals surface area contributed by atoms with Gasteiger partial charge < -0.3 is 15.2 Å². The molecule has 0 heterocycles. The molecule has 0 spiro atoms. The molecular formula is C14H20N2O5. The van der Waals surface area contributed by atoms with Crippen molar-refractivity contribution in [3.63, 3.8) is 0 Å². The lowest BCUT2D eigenvalue weighted by Gasteiger charge is -2.16. The average molecular weight is 296 g/mol. The molecule has 0 aliphatic heterocycles. The summed E-state index contributed by atoms with van der Waals surface area (Å²) in [5.41, 5.74) is 0.341. The molecule has 1 aromatic carbocycles. The van der Waals surface area contributed by atoms with E-state index in [0.717, 1.165) is 0 Å². The van der Waals surface area contributed by atoms with Crippen molar-refractivity contribution in [3.05, 3.63) is 28.3 Å². The number of carbonyl (C=O) groups is 1. The molecule has 1 atom stereocenters. The van der Waals surface area contributed by atoms with Gasteiger partial charge in [0.1, 0.15) is 6.04 Å². The number of nitrogens with zero attached hydrogens (tertiary/aromatic N) is 1. The molecule has 0 aromatic heterocycles. The van der Waals surface area contributed by atoms with Gasteiger partial charge in [-0.2, -0.15) is 0 Å². The van der Waals surface area contributed by atoms with Gasteiger partial charge in [0.25, 0.3) is 0 Å². The van der Waals surface area contributed by atoms with Crippen molar-refractivity contribution in [2.75, 3.05) is 5.32 Å². The summed E-state index contributed by atoms with van der Waals surface area (Å²) in [6.07, 6.45) is 0.962. The van der Waals surface area contributed by atoms with Crippen LogP contribution in [-0.4, -0.2) is 28.1 Å². The lowest BCUT2D eigenvalue weighted by Crippen LogP contribution is -2.28. The number of rotatable bonds is 8. The first-order valence-corrected chi connectivity index (χ1v) is 6.79. The minimum atomic E-state index is -0.957. The Kier molecular flexibility index (Phi) is 5.95. The van der Waals surface area contributed by atoms with Crippen molar-refractivity contribution in [1.82, 2.24) is 0 Å². The Bertz CT molecular complexity index is 516. The molecule has 1 rings (SSSR count). The number of carboxylic acid groups (broad SMARTS) is 1. The zero-order chi connectivity index (χ0) is 16.0. The van der Waals surface area contributed by atoms with E-state index in [1.165, 1.54) is 18.2 Å². The average Bonchev–Trinajstić information content (AvgIpc) is 2.37. The SMILES string of the molecule is CCCC(Nc1ccc([N+](=O)[O-])c(OC(C)C)c1)C(=O)O. The van der Waals surface area contributed by atoms with Crippen LogP contribution in [0.5, 0.6) is 5.75 Å². The number of hydrogen-bond donors (Lipinski definition) is 2. The van der Waals surface area contributed by atoms with E-state index in [2.05, 4.69) is 5.32 Å². The molecule has 116 valence electrons. The number of anilines is 1. The molecule has 0 saturated carbocycles. The van der Waals surface area contributed by atoms with Gasteiger partial charge in [-0.3, -0.25) is 10.1 Å². The molecule has 0 amide bonds. The molecule has 0 saturated heterocycles. The summed E-state index contributed by atoms with van der Waals surface area (Å²) in [5.74, 6) is -0.831. The van der Waals surface area contributed by atoms with Gasteiger partial charge in [0.15, 0.2) is 5.75 Å². The van der Waals surface area contributed by atoms with Crippen LogP contribution >= 0.6 is 0 Å². The maximum absolute atomic E-state index is 11.1. The second-order valence-corrected chi connectivity index (χ2v) is 4.93.